The SMILES string of the molecule is CC(NC(=O)C1CNc2ccccc21)c1cccc(O)c1. The molecule has 1 amide bonds. The molecule has 0 saturated carbocycles. The molecule has 1 aliphatic heterocycles. The Labute approximate surface area is 123 Å². The third-order valence-electron chi connectivity index (χ3n) is 3.88. The number of benzene rings is 2. The molecule has 21 heavy (non-hydrogen) atoms. The van der Waals surface area contributed by atoms with Gasteiger partial charge in [0.25, 0.3) is 0 Å². The summed E-state index contributed by atoms with van der Waals surface area (Å²) in [5.41, 5.74) is 2.96. The average molecular weight is 282 g/mol. The molecule has 3 rings (SSSR count). The zero-order valence-corrected chi connectivity index (χ0v) is 11.8. The van der Waals surface area contributed by atoms with Gasteiger partial charge in [-0.05, 0) is 36.2 Å². The number of phenols is 1. The van der Waals surface area contributed by atoms with Crippen molar-refractivity contribution in [3.8, 4) is 5.75 Å². The lowest BCUT2D eigenvalue weighted by Crippen LogP contribution is -2.32. The fourth-order valence-corrected chi connectivity index (χ4v) is 2.71. The van der Waals surface area contributed by atoms with E-state index in [-0.39, 0.29) is 23.6 Å². The fourth-order valence-electron chi connectivity index (χ4n) is 2.71. The zero-order valence-electron chi connectivity index (χ0n) is 11.8. The molecule has 0 aliphatic carbocycles. The molecule has 4 heteroatoms. The number of rotatable bonds is 3. The van der Waals surface area contributed by atoms with E-state index < -0.39 is 0 Å². The molecule has 4 nitrogen and oxygen atoms in total. The van der Waals surface area contributed by atoms with Gasteiger partial charge in [-0.25, -0.2) is 0 Å². The first-order valence-corrected chi connectivity index (χ1v) is 7.07. The van der Waals surface area contributed by atoms with Crippen LogP contribution in [0.1, 0.15) is 30.0 Å². The standard InChI is InChI=1S/C17H18N2O2/c1-11(12-5-4-6-13(20)9-12)19-17(21)15-10-18-16-8-3-2-7-14(15)16/h2-9,11,15,18,20H,10H2,1H3,(H,19,21). The van der Waals surface area contributed by atoms with E-state index in [9.17, 15) is 9.90 Å². The molecule has 1 heterocycles. The number of carbonyl (C=O) groups excluding carboxylic acids is 1. The number of carbonyl (C=O) groups is 1. The number of aromatic hydroxyl groups is 1. The summed E-state index contributed by atoms with van der Waals surface area (Å²) in [6, 6.07) is 14.7. The van der Waals surface area contributed by atoms with Gasteiger partial charge in [-0.2, -0.15) is 0 Å². The van der Waals surface area contributed by atoms with Gasteiger partial charge >= 0.3 is 0 Å². The molecule has 108 valence electrons. The first-order valence-electron chi connectivity index (χ1n) is 7.07. The highest BCUT2D eigenvalue weighted by atomic mass is 16.3. The van der Waals surface area contributed by atoms with Crippen LogP contribution in [0.15, 0.2) is 48.5 Å². The van der Waals surface area contributed by atoms with Crippen LogP contribution in [0.3, 0.4) is 0 Å². The van der Waals surface area contributed by atoms with Gasteiger partial charge in [0.1, 0.15) is 5.75 Å². The van der Waals surface area contributed by atoms with Gasteiger partial charge in [0.15, 0.2) is 0 Å². The molecule has 2 unspecified atom stereocenters. The van der Waals surface area contributed by atoms with Crippen LogP contribution in [-0.2, 0) is 4.79 Å². The Hall–Kier alpha value is -2.49. The molecular weight excluding hydrogens is 264 g/mol. The van der Waals surface area contributed by atoms with Gasteiger partial charge in [-0.1, -0.05) is 30.3 Å². The van der Waals surface area contributed by atoms with E-state index in [0.717, 1.165) is 16.8 Å². The fraction of sp³-hybridized carbons (Fsp3) is 0.235. The van der Waals surface area contributed by atoms with Crippen molar-refractivity contribution in [1.82, 2.24) is 5.32 Å². The minimum Gasteiger partial charge on any atom is -0.508 e. The Balaban J connectivity index is 1.73. The summed E-state index contributed by atoms with van der Waals surface area (Å²) in [5, 5.41) is 15.8. The number of nitrogens with one attached hydrogen (secondary N) is 2. The molecule has 0 aromatic heterocycles. The quantitative estimate of drug-likeness (QED) is 0.811. The van der Waals surface area contributed by atoms with Gasteiger partial charge in [0.05, 0.1) is 12.0 Å². The van der Waals surface area contributed by atoms with Crippen molar-refractivity contribution in [2.45, 2.75) is 18.9 Å². The molecule has 2 atom stereocenters. The first-order chi connectivity index (χ1) is 10.1. The molecule has 1 aliphatic rings. The lowest BCUT2D eigenvalue weighted by Gasteiger charge is -2.17. The van der Waals surface area contributed by atoms with Crippen molar-refractivity contribution < 1.29 is 9.90 Å². The normalized spacial score (nSPS) is 17.7. The maximum atomic E-state index is 12.5. The molecule has 3 N–H and O–H groups in total. The minimum atomic E-state index is -0.166. The molecule has 0 bridgehead atoms. The summed E-state index contributed by atoms with van der Waals surface area (Å²) < 4.78 is 0. The number of anilines is 1. The molecule has 0 fully saturated rings. The predicted molar refractivity (Wildman–Crippen MR) is 82.3 cm³/mol. The van der Waals surface area contributed by atoms with Crippen LogP contribution in [0.5, 0.6) is 5.75 Å². The van der Waals surface area contributed by atoms with E-state index in [1.165, 1.54) is 0 Å². The van der Waals surface area contributed by atoms with E-state index in [1.54, 1.807) is 18.2 Å². The molecule has 0 spiro atoms. The Morgan fingerprint density at radius 1 is 1.29 bits per heavy atom. The zero-order chi connectivity index (χ0) is 14.8. The topological polar surface area (TPSA) is 61.4 Å². The minimum absolute atomic E-state index is 0.00305. The molecule has 0 saturated heterocycles. The Morgan fingerprint density at radius 2 is 2.10 bits per heavy atom. The lowest BCUT2D eigenvalue weighted by atomic mass is 9.99. The van der Waals surface area contributed by atoms with Crippen LogP contribution >= 0.6 is 0 Å². The predicted octanol–water partition coefficient (Wildman–Crippen LogP) is 2.78. The summed E-state index contributed by atoms with van der Waals surface area (Å²) in [4.78, 5) is 12.5. The van der Waals surface area contributed by atoms with Crippen molar-refractivity contribution in [2.24, 2.45) is 0 Å². The third kappa shape index (κ3) is 2.70. The summed E-state index contributed by atoms with van der Waals surface area (Å²) in [6.45, 7) is 2.54. The van der Waals surface area contributed by atoms with Gasteiger partial charge in [-0.3, -0.25) is 4.79 Å². The van der Waals surface area contributed by atoms with Crippen LogP contribution < -0.4 is 10.6 Å². The van der Waals surface area contributed by atoms with Crippen LogP contribution in [-0.4, -0.2) is 17.6 Å². The molecule has 2 aromatic rings. The van der Waals surface area contributed by atoms with E-state index in [2.05, 4.69) is 10.6 Å². The highest BCUT2D eigenvalue weighted by Crippen LogP contribution is 2.31. The van der Waals surface area contributed by atoms with Crippen LogP contribution in [0.25, 0.3) is 0 Å². The van der Waals surface area contributed by atoms with E-state index in [0.29, 0.717) is 6.54 Å². The lowest BCUT2D eigenvalue weighted by molar-refractivity contribution is -0.122. The van der Waals surface area contributed by atoms with Gasteiger partial charge < -0.3 is 15.7 Å². The van der Waals surface area contributed by atoms with E-state index in [4.69, 9.17) is 0 Å². The second kappa shape index (κ2) is 5.48. The third-order valence-corrected chi connectivity index (χ3v) is 3.88. The Kier molecular flexibility index (Phi) is 3.52. The van der Waals surface area contributed by atoms with E-state index >= 15 is 0 Å². The second-order valence-corrected chi connectivity index (χ2v) is 5.35. The second-order valence-electron chi connectivity index (χ2n) is 5.35. The number of hydrogen-bond donors (Lipinski definition) is 3. The highest BCUT2D eigenvalue weighted by Gasteiger charge is 2.28. The Bertz CT molecular complexity index is 669. The smallest absolute Gasteiger partial charge is 0.229 e. The molecule has 0 radical (unpaired) electrons. The van der Waals surface area contributed by atoms with E-state index in [1.807, 2.05) is 37.3 Å². The summed E-state index contributed by atoms with van der Waals surface area (Å²) in [5.74, 6) is 0.0470. The molecule has 2 aromatic carbocycles. The van der Waals surface area contributed by atoms with Gasteiger partial charge in [0, 0.05) is 12.2 Å². The number of hydrogen-bond acceptors (Lipinski definition) is 3. The van der Waals surface area contributed by atoms with Crippen molar-refractivity contribution >= 4 is 11.6 Å². The Morgan fingerprint density at radius 3 is 2.90 bits per heavy atom. The van der Waals surface area contributed by atoms with Gasteiger partial charge in [-0.15, -0.1) is 0 Å². The summed E-state index contributed by atoms with van der Waals surface area (Å²) in [6.07, 6.45) is 0. The van der Waals surface area contributed by atoms with Crippen molar-refractivity contribution in [3.05, 3.63) is 59.7 Å². The largest absolute Gasteiger partial charge is 0.508 e. The van der Waals surface area contributed by atoms with Crippen LogP contribution in [0.4, 0.5) is 5.69 Å². The average Bonchev–Trinajstić information content (AvgIpc) is 2.91. The van der Waals surface area contributed by atoms with Crippen molar-refractivity contribution in [1.29, 1.82) is 0 Å². The number of para-hydroxylation sites is 1. The van der Waals surface area contributed by atoms with Crippen molar-refractivity contribution in [3.63, 3.8) is 0 Å². The number of amides is 1. The van der Waals surface area contributed by atoms with Crippen LogP contribution in [0, 0.1) is 0 Å². The highest BCUT2D eigenvalue weighted by molar-refractivity contribution is 5.88. The summed E-state index contributed by atoms with van der Waals surface area (Å²) >= 11 is 0. The summed E-state index contributed by atoms with van der Waals surface area (Å²) in [7, 11) is 0. The maximum absolute atomic E-state index is 12.5. The van der Waals surface area contributed by atoms with Crippen molar-refractivity contribution in [2.75, 3.05) is 11.9 Å². The first kappa shape index (κ1) is 13.5. The maximum Gasteiger partial charge on any atom is 0.229 e. The molecular formula is C17H18N2O2. The van der Waals surface area contributed by atoms with Crippen LogP contribution in [0.2, 0.25) is 0 Å². The van der Waals surface area contributed by atoms with Gasteiger partial charge in [0.2, 0.25) is 5.91 Å². The monoisotopic (exact) mass is 282 g/mol. The number of phenolic OH excluding ortho intramolecular Hbond substituents is 1. The number of fused-ring (bicyclic) bond motifs is 1.